The van der Waals surface area contributed by atoms with Crippen molar-refractivity contribution in [1.29, 1.82) is 0 Å². The molecule has 0 aliphatic carbocycles. The highest BCUT2D eigenvalue weighted by atomic mass is 19.4. The van der Waals surface area contributed by atoms with Gasteiger partial charge in [-0.05, 0) is 22.4 Å². The first-order valence-corrected chi connectivity index (χ1v) is 7.40. The molecule has 4 rings (SSSR count). The summed E-state index contributed by atoms with van der Waals surface area (Å²) in [6, 6.07) is 20.7. The summed E-state index contributed by atoms with van der Waals surface area (Å²) >= 11 is 0. The van der Waals surface area contributed by atoms with Gasteiger partial charge in [0, 0.05) is 23.2 Å². The number of alkyl halides is 3. The first kappa shape index (κ1) is 14.7. The van der Waals surface area contributed by atoms with Gasteiger partial charge in [0.15, 0.2) is 0 Å². The molecule has 0 amide bonds. The Hall–Kier alpha value is -2.88. The van der Waals surface area contributed by atoms with E-state index in [-0.39, 0.29) is 5.52 Å². The molecule has 4 heteroatoms. The van der Waals surface area contributed by atoms with Crippen molar-refractivity contribution < 1.29 is 13.2 Å². The van der Waals surface area contributed by atoms with Crippen LogP contribution < -0.4 is 0 Å². The largest absolute Gasteiger partial charge is 0.418 e. The summed E-state index contributed by atoms with van der Waals surface area (Å²) in [6.07, 6.45) is -3.13. The summed E-state index contributed by atoms with van der Waals surface area (Å²) in [5, 5.41) is 2.45. The van der Waals surface area contributed by atoms with Crippen molar-refractivity contribution in [3.05, 3.63) is 78.5 Å². The van der Waals surface area contributed by atoms with Crippen LogP contribution in [0.3, 0.4) is 0 Å². The second-order valence-electron chi connectivity index (χ2n) is 5.50. The van der Waals surface area contributed by atoms with E-state index in [1.807, 2.05) is 42.5 Å². The highest BCUT2D eigenvalue weighted by molar-refractivity contribution is 6.04. The zero-order valence-corrected chi connectivity index (χ0v) is 12.4. The first-order chi connectivity index (χ1) is 11.6. The van der Waals surface area contributed by atoms with E-state index in [2.05, 4.69) is 11.1 Å². The minimum Gasteiger partial charge on any atom is -0.255 e. The maximum Gasteiger partial charge on any atom is 0.418 e. The third-order valence-corrected chi connectivity index (χ3v) is 4.07. The van der Waals surface area contributed by atoms with Crippen LogP contribution in [0.2, 0.25) is 0 Å². The number of fused-ring (bicyclic) bond motifs is 2. The van der Waals surface area contributed by atoms with Crippen molar-refractivity contribution in [1.82, 2.24) is 4.98 Å². The molecule has 24 heavy (non-hydrogen) atoms. The van der Waals surface area contributed by atoms with Crippen LogP contribution >= 0.6 is 0 Å². The number of rotatable bonds is 1. The molecule has 1 aromatic heterocycles. The van der Waals surface area contributed by atoms with E-state index in [1.54, 1.807) is 6.07 Å². The van der Waals surface area contributed by atoms with Crippen LogP contribution in [0.4, 0.5) is 13.2 Å². The number of benzene rings is 3. The zero-order valence-electron chi connectivity index (χ0n) is 12.4. The number of para-hydroxylation sites is 1. The number of pyridine rings is 1. The lowest BCUT2D eigenvalue weighted by Gasteiger charge is -2.13. The first-order valence-electron chi connectivity index (χ1n) is 7.40. The number of hydrogen-bond donors (Lipinski definition) is 0. The molecule has 0 fully saturated rings. The van der Waals surface area contributed by atoms with E-state index in [0.29, 0.717) is 10.9 Å². The Morgan fingerprint density at radius 1 is 0.792 bits per heavy atom. The van der Waals surface area contributed by atoms with Crippen molar-refractivity contribution in [3.8, 4) is 11.1 Å². The normalized spacial score (nSPS) is 12.0. The average Bonchev–Trinajstić information content (AvgIpc) is 2.59. The number of aromatic nitrogens is 1. The molecule has 0 aliphatic heterocycles. The van der Waals surface area contributed by atoms with Crippen molar-refractivity contribution in [2.75, 3.05) is 0 Å². The van der Waals surface area contributed by atoms with Gasteiger partial charge < -0.3 is 0 Å². The smallest absolute Gasteiger partial charge is 0.255 e. The van der Waals surface area contributed by atoms with Gasteiger partial charge in [-0.3, -0.25) is 4.98 Å². The molecule has 0 spiro atoms. The average molecular weight is 322 g/mol. The van der Waals surface area contributed by atoms with Gasteiger partial charge in [-0.15, -0.1) is 0 Å². The number of hydrogen-bond acceptors (Lipinski definition) is 1. The molecule has 1 radical (unpaired) electrons. The van der Waals surface area contributed by atoms with Gasteiger partial charge in [-0.25, -0.2) is 0 Å². The van der Waals surface area contributed by atoms with Crippen molar-refractivity contribution in [3.63, 3.8) is 0 Å². The second-order valence-corrected chi connectivity index (χ2v) is 5.50. The van der Waals surface area contributed by atoms with Gasteiger partial charge in [-0.2, -0.15) is 13.2 Å². The van der Waals surface area contributed by atoms with Crippen LogP contribution in [0.25, 0.3) is 32.8 Å². The highest BCUT2D eigenvalue weighted by Crippen LogP contribution is 2.38. The van der Waals surface area contributed by atoms with Crippen LogP contribution in [-0.4, -0.2) is 4.98 Å². The molecular formula is C20H11F3N. The van der Waals surface area contributed by atoms with Crippen molar-refractivity contribution in [2.45, 2.75) is 6.18 Å². The van der Waals surface area contributed by atoms with E-state index < -0.39 is 11.7 Å². The molecule has 0 atom stereocenters. The Morgan fingerprint density at radius 3 is 2.33 bits per heavy atom. The summed E-state index contributed by atoms with van der Waals surface area (Å²) in [4.78, 5) is 3.94. The highest BCUT2D eigenvalue weighted by Gasteiger charge is 2.33. The van der Waals surface area contributed by atoms with E-state index in [0.717, 1.165) is 22.4 Å². The summed E-state index contributed by atoms with van der Waals surface area (Å²) in [5.74, 6) is 0. The Kier molecular flexibility index (Phi) is 3.27. The molecule has 0 saturated carbocycles. The minimum atomic E-state index is -4.44. The molecule has 117 valence electrons. The maximum atomic E-state index is 13.3. The molecule has 0 N–H and O–H groups in total. The van der Waals surface area contributed by atoms with Crippen molar-refractivity contribution in [2.24, 2.45) is 0 Å². The van der Waals surface area contributed by atoms with Gasteiger partial charge >= 0.3 is 6.18 Å². The number of nitrogens with zero attached hydrogens (tertiary/aromatic N) is 1. The summed E-state index contributed by atoms with van der Waals surface area (Å²) in [5.41, 5.74) is 0.699. The third kappa shape index (κ3) is 2.31. The molecular weight excluding hydrogens is 311 g/mol. The van der Waals surface area contributed by atoms with Crippen LogP contribution in [0.15, 0.2) is 66.9 Å². The maximum absolute atomic E-state index is 13.3. The SMILES string of the molecule is FC(F)(F)c1cccc2c(-c3cccc4ccccc34)[c]cnc12. The van der Waals surface area contributed by atoms with Gasteiger partial charge in [-0.1, -0.05) is 54.6 Å². The van der Waals surface area contributed by atoms with Gasteiger partial charge in [0.05, 0.1) is 11.1 Å². The summed E-state index contributed by atoms with van der Waals surface area (Å²) < 4.78 is 39.8. The molecule has 3 aromatic carbocycles. The third-order valence-electron chi connectivity index (χ3n) is 4.07. The Bertz CT molecular complexity index is 1050. The lowest BCUT2D eigenvalue weighted by Crippen LogP contribution is -2.06. The molecule has 1 heterocycles. The van der Waals surface area contributed by atoms with Gasteiger partial charge in [0.25, 0.3) is 0 Å². The molecule has 0 aliphatic rings. The van der Waals surface area contributed by atoms with E-state index in [4.69, 9.17) is 0 Å². The van der Waals surface area contributed by atoms with Crippen LogP contribution in [0, 0.1) is 6.07 Å². The van der Waals surface area contributed by atoms with E-state index >= 15 is 0 Å². The standard InChI is InChI=1S/C20H11F3N/c21-20(22,23)18-10-4-9-17-16(11-12-24-19(17)18)15-8-3-6-13-5-1-2-7-14(13)15/h1-10,12H. The van der Waals surface area contributed by atoms with Crippen LogP contribution in [0.5, 0.6) is 0 Å². The summed E-state index contributed by atoms with van der Waals surface area (Å²) in [6.45, 7) is 0. The fourth-order valence-electron chi connectivity index (χ4n) is 3.02. The molecule has 4 aromatic rings. The predicted molar refractivity (Wildman–Crippen MR) is 88.5 cm³/mol. The Balaban J connectivity index is 2.08. The second kappa shape index (κ2) is 5.34. The van der Waals surface area contributed by atoms with E-state index in [9.17, 15) is 13.2 Å². The zero-order chi connectivity index (χ0) is 16.7. The molecule has 1 nitrogen and oxygen atoms in total. The Labute approximate surface area is 136 Å². The predicted octanol–water partition coefficient (Wildman–Crippen LogP) is 5.87. The topological polar surface area (TPSA) is 12.9 Å². The molecule has 0 bridgehead atoms. The van der Waals surface area contributed by atoms with Gasteiger partial charge in [0.2, 0.25) is 0 Å². The lowest BCUT2D eigenvalue weighted by molar-refractivity contribution is -0.136. The van der Waals surface area contributed by atoms with Crippen LogP contribution in [-0.2, 0) is 6.18 Å². The fraction of sp³-hybridized carbons (Fsp3) is 0.0500. The molecule has 0 unspecified atom stereocenters. The van der Waals surface area contributed by atoms with Crippen LogP contribution in [0.1, 0.15) is 5.56 Å². The van der Waals surface area contributed by atoms with Gasteiger partial charge in [0.1, 0.15) is 0 Å². The fourth-order valence-corrected chi connectivity index (χ4v) is 3.02. The quantitative estimate of drug-likeness (QED) is 0.427. The monoisotopic (exact) mass is 322 g/mol. The Morgan fingerprint density at radius 2 is 1.50 bits per heavy atom. The van der Waals surface area contributed by atoms with Crippen molar-refractivity contribution >= 4 is 21.7 Å². The van der Waals surface area contributed by atoms with E-state index in [1.165, 1.54) is 12.3 Å². The lowest BCUT2D eigenvalue weighted by atomic mass is 9.95. The molecule has 0 saturated heterocycles. The summed E-state index contributed by atoms with van der Waals surface area (Å²) in [7, 11) is 0. The minimum absolute atomic E-state index is 0.0494. The number of halogens is 3.